The van der Waals surface area contributed by atoms with E-state index in [9.17, 15) is 14.4 Å². The molecule has 3 N–H and O–H groups in total. The topological polar surface area (TPSA) is 95.5 Å². The number of hydrogen-bond acceptors (Lipinski definition) is 3. The fourth-order valence-electron chi connectivity index (χ4n) is 1.60. The third-order valence-electron chi connectivity index (χ3n) is 2.79. The van der Waals surface area contributed by atoms with Crippen LogP contribution in [0.5, 0.6) is 0 Å². The molecule has 0 saturated carbocycles. The third-order valence-corrected chi connectivity index (χ3v) is 2.79. The van der Waals surface area contributed by atoms with Gasteiger partial charge in [-0.3, -0.25) is 9.59 Å². The summed E-state index contributed by atoms with van der Waals surface area (Å²) in [5, 5.41) is 13.9. The highest BCUT2D eigenvalue weighted by atomic mass is 16.4. The first-order valence-corrected chi connectivity index (χ1v) is 6.32. The molecular weight excluding hydrogens is 260 g/mol. The number of rotatable bonds is 7. The largest absolute Gasteiger partial charge is 0.478 e. The first-order valence-electron chi connectivity index (χ1n) is 6.32. The lowest BCUT2D eigenvalue weighted by molar-refractivity contribution is -0.122. The molecule has 0 atom stereocenters. The van der Waals surface area contributed by atoms with E-state index < -0.39 is 5.97 Å². The molecule has 0 bridgehead atoms. The Balaban J connectivity index is 2.30. The lowest BCUT2D eigenvalue weighted by Gasteiger charge is -2.05. The Morgan fingerprint density at radius 1 is 1.05 bits per heavy atom. The molecule has 0 radical (unpaired) electrons. The Morgan fingerprint density at radius 3 is 2.25 bits per heavy atom. The first kappa shape index (κ1) is 15.7. The number of aryl methyl sites for hydroxylation is 1. The van der Waals surface area contributed by atoms with Crippen molar-refractivity contribution in [2.75, 3.05) is 13.6 Å². The van der Waals surface area contributed by atoms with Crippen molar-refractivity contribution in [1.29, 1.82) is 0 Å². The molecule has 0 unspecified atom stereocenters. The van der Waals surface area contributed by atoms with Crippen molar-refractivity contribution in [2.45, 2.75) is 19.3 Å². The number of amides is 2. The van der Waals surface area contributed by atoms with Crippen molar-refractivity contribution in [3.05, 3.63) is 35.4 Å². The molecule has 0 spiro atoms. The molecule has 0 aliphatic heterocycles. The van der Waals surface area contributed by atoms with Crippen LogP contribution in [0.15, 0.2) is 24.3 Å². The molecule has 6 nitrogen and oxygen atoms in total. The van der Waals surface area contributed by atoms with Crippen LogP contribution < -0.4 is 10.6 Å². The van der Waals surface area contributed by atoms with Crippen molar-refractivity contribution >= 4 is 17.8 Å². The summed E-state index contributed by atoms with van der Waals surface area (Å²) in [6, 6.07) is 6.42. The van der Waals surface area contributed by atoms with E-state index in [0.717, 1.165) is 5.56 Å². The fraction of sp³-hybridized carbons (Fsp3) is 0.357. The summed E-state index contributed by atoms with van der Waals surface area (Å²) in [6.45, 7) is 0.316. The smallest absolute Gasteiger partial charge is 0.335 e. The van der Waals surface area contributed by atoms with Gasteiger partial charge in [0.05, 0.1) is 5.56 Å². The van der Waals surface area contributed by atoms with Crippen LogP contribution in [0.1, 0.15) is 28.8 Å². The maximum Gasteiger partial charge on any atom is 0.335 e. The van der Waals surface area contributed by atoms with E-state index in [-0.39, 0.29) is 23.8 Å². The van der Waals surface area contributed by atoms with E-state index in [2.05, 4.69) is 10.6 Å². The van der Waals surface area contributed by atoms with Crippen LogP contribution in [0.2, 0.25) is 0 Å². The SMILES string of the molecule is CNC(=O)CCNC(=O)CCc1ccc(C(=O)O)cc1. The summed E-state index contributed by atoms with van der Waals surface area (Å²) < 4.78 is 0. The Kier molecular flexibility index (Phi) is 6.22. The number of nitrogens with one attached hydrogen (secondary N) is 2. The average Bonchev–Trinajstić information content (AvgIpc) is 2.45. The van der Waals surface area contributed by atoms with Crippen LogP contribution in [0.3, 0.4) is 0 Å². The van der Waals surface area contributed by atoms with Gasteiger partial charge in [-0.25, -0.2) is 4.79 Å². The predicted octanol–water partition coefficient (Wildman–Crippen LogP) is 0.570. The number of aromatic carboxylic acids is 1. The molecule has 0 fully saturated rings. The molecule has 0 aromatic heterocycles. The summed E-state index contributed by atoms with van der Waals surface area (Å²) in [4.78, 5) is 33.2. The number of benzene rings is 1. The predicted molar refractivity (Wildman–Crippen MR) is 73.4 cm³/mol. The number of carboxylic acid groups (broad SMARTS) is 1. The average molecular weight is 278 g/mol. The third kappa shape index (κ3) is 5.51. The van der Waals surface area contributed by atoms with E-state index in [4.69, 9.17) is 5.11 Å². The second-order valence-corrected chi connectivity index (χ2v) is 4.28. The Morgan fingerprint density at radius 2 is 1.70 bits per heavy atom. The van der Waals surface area contributed by atoms with Gasteiger partial charge in [0.25, 0.3) is 0 Å². The Bertz CT molecular complexity index is 482. The highest BCUT2D eigenvalue weighted by Gasteiger charge is 2.05. The minimum absolute atomic E-state index is 0.116. The molecule has 0 aliphatic rings. The van der Waals surface area contributed by atoms with Crippen LogP contribution >= 0.6 is 0 Å². The van der Waals surface area contributed by atoms with Gasteiger partial charge in [-0.1, -0.05) is 12.1 Å². The number of carbonyl (C=O) groups excluding carboxylic acids is 2. The van der Waals surface area contributed by atoms with Gasteiger partial charge >= 0.3 is 5.97 Å². The van der Waals surface area contributed by atoms with Gasteiger partial charge in [-0.05, 0) is 24.1 Å². The van der Waals surface area contributed by atoms with Crippen LogP contribution in [-0.4, -0.2) is 36.5 Å². The molecular formula is C14H18N2O4. The van der Waals surface area contributed by atoms with Gasteiger partial charge in [0.2, 0.25) is 11.8 Å². The molecule has 1 aromatic carbocycles. The molecule has 1 rings (SSSR count). The van der Waals surface area contributed by atoms with Crippen LogP contribution in [0, 0.1) is 0 Å². The lowest BCUT2D eigenvalue weighted by Crippen LogP contribution is -2.29. The van der Waals surface area contributed by atoms with Gasteiger partial charge in [0.1, 0.15) is 0 Å². The van der Waals surface area contributed by atoms with Gasteiger partial charge in [-0.15, -0.1) is 0 Å². The maximum absolute atomic E-state index is 11.5. The van der Waals surface area contributed by atoms with Crippen molar-refractivity contribution in [1.82, 2.24) is 10.6 Å². The van der Waals surface area contributed by atoms with Crippen molar-refractivity contribution < 1.29 is 19.5 Å². The molecule has 108 valence electrons. The number of hydrogen-bond donors (Lipinski definition) is 3. The normalized spacial score (nSPS) is 9.85. The minimum Gasteiger partial charge on any atom is -0.478 e. The lowest BCUT2D eigenvalue weighted by atomic mass is 10.1. The summed E-state index contributed by atoms with van der Waals surface area (Å²) in [6.07, 6.45) is 1.10. The highest BCUT2D eigenvalue weighted by molar-refractivity contribution is 5.87. The summed E-state index contributed by atoms with van der Waals surface area (Å²) >= 11 is 0. The van der Waals surface area contributed by atoms with Crippen LogP contribution in [0.4, 0.5) is 0 Å². The highest BCUT2D eigenvalue weighted by Crippen LogP contribution is 2.06. The molecule has 20 heavy (non-hydrogen) atoms. The van der Waals surface area contributed by atoms with E-state index in [1.54, 1.807) is 19.2 Å². The van der Waals surface area contributed by atoms with Crippen LogP contribution in [0.25, 0.3) is 0 Å². The molecule has 0 aliphatic carbocycles. The fourth-order valence-corrected chi connectivity index (χ4v) is 1.60. The second kappa shape index (κ2) is 7.93. The monoisotopic (exact) mass is 278 g/mol. The molecule has 0 heterocycles. The zero-order valence-corrected chi connectivity index (χ0v) is 11.3. The zero-order chi connectivity index (χ0) is 15.0. The summed E-state index contributed by atoms with van der Waals surface area (Å²) in [7, 11) is 1.55. The number of carbonyl (C=O) groups is 3. The standard InChI is InChI=1S/C14H18N2O4/c1-15-12(17)8-9-16-13(18)7-4-10-2-5-11(6-3-10)14(19)20/h2-3,5-6H,4,7-9H2,1H3,(H,15,17)(H,16,18)(H,19,20). The van der Waals surface area contributed by atoms with E-state index in [1.807, 2.05) is 0 Å². The number of carboxylic acids is 1. The molecule has 1 aromatic rings. The first-order chi connectivity index (χ1) is 9.52. The van der Waals surface area contributed by atoms with Crippen LogP contribution in [-0.2, 0) is 16.0 Å². The quantitative estimate of drug-likeness (QED) is 0.679. The Hall–Kier alpha value is -2.37. The second-order valence-electron chi connectivity index (χ2n) is 4.28. The Labute approximate surface area is 117 Å². The van der Waals surface area contributed by atoms with Gasteiger partial charge in [0.15, 0.2) is 0 Å². The van der Waals surface area contributed by atoms with Gasteiger partial charge < -0.3 is 15.7 Å². The van der Waals surface area contributed by atoms with Gasteiger partial charge in [-0.2, -0.15) is 0 Å². The maximum atomic E-state index is 11.5. The van der Waals surface area contributed by atoms with E-state index in [0.29, 0.717) is 19.4 Å². The van der Waals surface area contributed by atoms with Gasteiger partial charge in [0, 0.05) is 26.4 Å². The zero-order valence-electron chi connectivity index (χ0n) is 11.3. The molecule has 0 saturated heterocycles. The van der Waals surface area contributed by atoms with Crippen molar-refractivity contribution in [2.24, 2.45) is 0 Å². The molecule has 6 heteroatoms. The van der Waals surface area contributed by atoms with E-state index >= 15 is 0 Å². The van der Waals surface area contributed by atoms with Crippen molar-refractivity contribution in [3.8, 4) is 0 Å². The van der Waals surface area contributed by atoms with Crippen molar-refractivity contribution in [3.63, 3.8) is 0 Å². The minimum atomic E-state index is -0.969. The summed E-state index contributed by atoms with van der Waals surface area (Å²) in [5.41, 5.74) is 1.13. The summed E-state index contributed by atoms with van der Waals surface area (Å²) in [5.74, 6) is -1.21. The molecule has 2 amide bonds. The van der Waals surface area contributed by atoms with E-state index in [1.165, 1.54) is 12.1 Å².